The van der Waals surface area contributed by atoms with Crippen LogP contribution in [0.2, 0.25) is 0 Å². The van der Waals surface area contributed by atoms with Crippen LogP contribution in [0.15, 0.2) is 42.5 Å². The van der Waals surface area contributed by atoms with E-state index in [0.29, 0.717) is 24.2 Å². The molecule has 0 saturated heterocycles. The van der Waals surface area contributed by atoms with Crippen LogP contribution in [0.3, 0.4) is 0 Å². The van der Waals surface area contributed by atoms with Gasteiger partial charge in [-0.05, 0) is 37.1 Å². The maximum Gasteiger partial charge on any atom is 0.339 e. The summed E-state index contributed by atoms with van der Waals surface area (Å²) < 4.78 is 4.75. The van der Waals surface area contributed by atoms with Gasteiger partial charge in [0, 0.05) is 24.3 Å². The summed E-state index contributed by atoms with van der Waals surface area (Å²) in [5.41, 5.74) is 4.04. The fraction of sp³-hybridized carbons (Fsp3) is 0.263. The zero-order valence-electron chi connectivity index (χ0n) is 14.2. The van der Waals surface area contributed by atoms with Crippen LogP contribution in [-0.2, 0) is 9.53 Å². The minimum atomic E-state index is -0.405. The van der Waals surface area contributed by atoms with E-state index in [1.54, 1.807) is 18.2 Å². The van der Waals surface area contributed by atoms with Crippen LogP contribution in [-0.4, -0.2) is 25.5 Å². The van der Waals surface area contributed by atoms with Crippen molar-refractivity contribution >= 4 is 23.3 Å². The number of anilines is 2. The van der Waals surface area contributed by atoms with Crippen molar-refractivity contribution in [3.8, 4) is 0 Å². The molecule has 0 aromatic heterocycles. The van der Waals surface area contributed by atoms with Crippen LogP contribution >= 0.6 is 0 Å². The number of amides is 1. The van der Waals surface area contributed by atoms with E-state index in [1.807, 2.05) is 38.1 Å². The van der Waals surface area contributed by atoms with E-state index in [9.17, 15) is 9.59 Å². The van der Waals surface area contributed by atoms with Gasteiger partial charge in [0.15, 0.2) is 0 Å². The van der Waals surface area contributed by atoms with Gasteiger partial charge in [-0.2, -0.15) is 0 Å². The van der Waals surface area contributed by atoms with Crippen molar-refractivity contribution in [1.82, 2.24) is 0 Å². The average Bonchev–Trinajstić information content (AvgIpc) is 2.58. The van der Waals surface area contributed by atoms with Crippen molar-refractivity contribution in [3.05, 3.63) is 59.2 Å². The van der Waals surface area contributed by atoms with Gasteiger partial charge in [0.1, 0.15) is 0 Å². The Bertz CT molecular complexity index is 721. The molecule has 24 heavy (non-hydrogen) atoms. The van der Waals surface area contributed by atoms with Crippen LogP contribution in [0.1, 0.15) is 27.9 Å². The zero-order chi connectivity index (χ0) is 17.5. The van der Waals surface area contributed by atoms with Crippen molar-refractivity contribution in [2.45, 2.75) is 20.3 Å². The molecule has 0 fully saturated rings. The zero-order valence-corrected chi connectivity index (χ0v) is 14.2. The lowest BCUT2D eigenvalue weighted by Gasteiger charge is -2.13. The second-order valence-electron chi connectivity index (χ2n) is 5.53. The Labute approximate surface area is 142 Å². The first kappa shape index (κ1) is 17.5. The molecule has 5 heteroatoms. The van der Waals surface area contributed by atoms with E-state index in [0.717, 1.165) is 16.8 Å². The van der Waals surface area contributed by atoms with E-state index in [-0.39, 0.29) is 5.91 Å². The first-order valence-electron chi connectivity index (χ1n) is 7.80. The van der Waals surface area contributed by atoms with Gasteiger partial charge < -0.3 is 15.4 Å². The Hall–Kier alpha value is -2.82. The Morgan fingerprint density at radius 1 is 1.00 bits per heavy atom. The number of benzene rings is 2. The second-order valence-corrected chi connectivity index (χ2v) is 5.53. The van der Waals surface area contributed by atoms with Crippen molar-refractivity contribution in [2.75, 3.05) is 24.3 Å². The summed E-state index contributed by atoms with van der Waals surface area (Å²) in [6, 6.07) is 13.0. The van der Waals surface area contributed by atoms with Crippen molar-refractivity contribution in [2.24, 2.45) is 0 Å². The molecular formula is C19H22N2O3. The molecule has 0 atom stereocenters. The summed E-state index contributed by atoms with van der Waals surface area (Å²) in [6.45, 7) is 4.35. The third-order valence-corrected chi connectivity index (χ3v) is 3.75. The number of hydrogen-bond donors (Lipinski definition) is 2. The number of ether oxygens (including phenoxy) is 1. The fourth-order valence-electron chi connectivity index (χ4n) is 2.45. The third kappa shape index (κ3) is 4.35. The molecule has 0 unspecified atom stereocenters. The van der Waals surface area contributed by atoms with Crippen molar-refractivity contribution in [1.29, 1.82) is 0 Å². The molecule has 2 rings (SSSR count). The normalized spacial score (nSPS) is 10.1. The molecule has 5 nitrogen and oxygen atoms in total. The summed E-state index contributed by atoms with van der Waals surface area (Å²) in [7, 11) is 1.34. The second kappa shape index (κ2) is 8.15. The number of para-hydroxylation sites is 2. The summed E-state index contributed by atoms with van der Waals surface area (Å²) >= 11 is 0. The van der Waals surface area contributed by atoms with Crippen LogP contribution in [0, 0.1) is 13.8 Å². The summed E-state index contributed by atoms with van der Waals surface area (Å²) in [5, 5.41) is 6.06. The van der Waals surface area contributed by atoms with E-state index >= 15 is 0 Å². The monoisotopic (exact) mass is 326 g/mol. The average molecular weight is 326 g/mol. The first-order valence-corrected chi connectivity index (χ1v) is 7.80. The maximum absolute atomic E-state index is 12.1. The molecule has 2 aromatic carbocycles. The number of rotatable bonds is 6. The van der Waals surface area contributed by atoms with Gasteiger partial charge >= 0.3 is 5.97 Å². The lowest BCUT2D eigenvalue weighted by Crippen LogP contribution is -2.18. The van der Waals surface area contributed by atoms with Gasteiger partial charge in [0.2, 0.25) is 5.91 Å². The number of nitrogens with one attached hydrogen (secondary N) is 2. The van der Waals surface area contributed by atoms with Gasteiger partial charge in [0.25, 0.3) is 0 Å². The number of methoxy groups -OCH3 is 1. The SMILES string of the molecule is COC(=O)c1ccccc1NCCC(=O)Nc1c(C)cccc1C. The Kier molecular flexibility index (Phi) is 5.95. The van der Waals surface area contributed by atoms with Crippen LogP contribution in [0.4, 0.5) is 11.4 Å². The van der Waals surface area contributed by atoms with Crippen molar-refractivity contribution < 1.29 is 14.3 Å². The van der Waals surface area contributed by atoms with E-state index in [4.69, 9.17) is 4.74 Å². The smallest absolute Gasteiger partial charge is 0.339 e. The number of carbonyl (C=O) groups excluding carboxylic acids is 2. The highest BCUT2D eigenvalue weighted by Crippen LogP contribution is 2.20. The van der Waals surface area contributed by atoms with Crippen LogP contribution < -0.4 is 10.6 Å². The van der Waals surface area contributed by atoms with Gasteiger partial charge in [-0.1, -0.05) is 30.3 Å². The maximum atomic E-state index is 12.1. The highest BCUT2D eigenvalue weighted by atomic mass is 16.5. The molecule has 0 aliphatic rings. The molecule has 0 spiro atoms. The highest BCUT2D eigenvalue weighted by molar-refractivity contribution is 5.96. The minimum Gasteiger partial charge on any atom is -0.465 e. The number of esters is 1. The lowest BCUT2D eigenvalue weighted by molar-refractivity contribution is -0.116. The Morgan fingerprint density at radius 2 is 1.67 bits per heavy atom. The van der Waals surface area contributed by atoms with Crippen LogP contribution in [0.25, 0.3) is 0 Å². The molecule has 2 aromatic rings. The molecule has 0 aliphatic heterocycles. The molecule has 0 aliphatic carbocycles. The van der Waals surface area contributed by atoms with Crippen LogP contribution in [0.5, 0.6) is 0 Å². The quantitative estimate of drug-likeness (QED) is 0.797. The predicted octanol–water partition coefficient (Wildman–Crippen LogP) is 3.53. The van der Waals surface area contributed by atoms with E-state index < -0.39 is 5.97 Å². The summed E-state index contributed by atoms with van der Waals surface area (Å²) in [5.74, 6) is -0.478. The summed E-state index contributed by atoms with van der Waals surface area (Å²) in [4.78, 5) is 23.8. The number of hydrogen-bond acceptors (Lipinski definition) is 4. The molecule has 0 saturated carbocycles. The van der Waals surface area contributed by atoms with E-state index in [2.05, 4.69) is 10.6 Å². The van der Waals surface area contributed by atoms with Gasteiger partial charge in [0.05, 0.1) is 12.7 Å². The fourth-order valence-corrected chi connectivity index (χ4v) is 2.45. The predicted molar refractivity (Wildman–Crippen MR) is 95.4 cm³/mol. The Morgan fingerprint density at radius 3 is 2.33 bits per heavy atom. The molecule has 2 N–H and O–H groups in total. The van der Waals surface area contributed by atoms with Gasteiger partial charge in [-0.25, -0.2) is 4.79 Å². The van der Waals surface area contributed by atoms with E-state index in [1.165, 1.54) is 7.11 Å². The standard InChI is InChI=1S/C19H22N2O3/c1-13-7-6-8-14(2)18(13)21-17(22)11-12-20-16-10-5-4-9-15(16)19(23)24-3/h4-10,20H,11-12H2,1-3H3,(H,21,22). The van der Waals surface area contributed by atoms with Crippen molar-refractivity contribution in [3.63, 3.8) is 0 Å². The number of aryl methyl sites for hydroxylation is 2. The van der Waals surface area contributed by atoms with Gasteiger partial charge in [-0.15, -0.1) is 0 Å². The largest absolute Gasteiger partial charge is 0.465 e. The minimum absolute atomic E-state index is 0.0737. The molecule has 0 bridgehead atoms. The number of carbonyl (C=O) groups is 2. The first-order chi connectivity index (χ1) is 11.5. The summed E-state index contributed by atoms with van der Waals surface area (Å²) in [6.07, 6.45) is 0.295. The van der Waals surface area contributed by atoms with Gasteiger partial charge in [-0.3, -0.25) is 4.79 Å². The highest BCUT2D eigenvalue weighted by Gasteiger charge is 2.11. The lowest BCUT2D eigenvalue weighted by atomic mass is 10.1. The molecule has 0 heterocycles. The topological polar surface area (TPSA) is 67.4 Å². The third-order valence-electron chi connectivity index (χ3n) is 3.75. The molecular weight excluding hydrogens is 304 g/mol. The molecule has 126 valence electrons. The molecule has 0 radical (unpaired) electrons. The Balaban J connectivity index is 1.93. The molecule has 1 amide bonds.